The van der Waals surface area contributed by atoms with Gasteiger partial charge in [-0.1, -0.05) is 37.3 Å². The Kier molecular flexibility index (Phi) is 5.40. The third kappa shape index (κ3) is 3.51. The van der Waals surface area contributed by atoms with E-state index in [1.165, 1.54) is 0 Å². The molecule has 2 N–H and O–H groups in total. The number of aliphatic hydroxyl groups is 1. The maximum Gasteiger partial charge on any atom is 0.122 e. The van der Waals surface area contributed by atoms with Gasteiger partial charge in [-0.05, 0) is 40.9 Å². The Morgan fingerprint density at radius 3 is 2.45 bits per heavy atom. The number of benzene rings is 1. The Morgan fingerprint density at radius 2 is 1.95 bits per heavy atom. The van der Waals surface area contributed by atoms with Crippen molar-refractivity contribution in [1.82, 2.24) is 5.32 Å². The highest BCUT2D eigenvalue weighted by Crippen LogP contribution is 2.28. The molecule has 0 amide bonds. The molecule has 0 saturated carbocycles. The van der Waals surface area contributed by atoms with Gasteiger partial charge in [0.05, 0.1) is 23.2 Å². The number of hydrogen-bond donors (Lipinski definition) is 2. The van der Waals surface area contributed by atoms with Crippen LogP contribution in [0.2, 0.25) is 0 Å². The van der Waals surface area contributed by atoms with Gasteiger partial charge >= 0.3 is 0 Å². The molecule has 0 saturated heterocycles. The van der Waals surface area contributed by atoms with Crippen LogP contribution in [0.25, 0.3) is 0 Å². The fourth-order valence-corrected chi connectivity index (χ4v) is 2.54. The minimum Gasteiger partial charge on any atom is -0.463 e. The molecule has 0 aliphatic heterocycles. The van der Waals surface area contributed by atoms with Crippen LogP contribution in [0.1, 0.15) is 42.5 Å². The van der Waals surface area contributed by atoms with E-state index in [4.69, 9.17) is 4.42 Å². The van der Waals surface area contributed by atoms with Crippen molar-refractivity contribution in [2.24, 2.45) is 0 Å². The Hall–Kier alpha value is -1.10. The average Bonchev–Trinajstić information content (AvgIpc) is 2.81. The van der Waals surface area contributed by atoms with Crippen molar-refractivity contribution in [2.75, 3.05) is 6.61 Å². The molecule has 2 atom stereocenters. The summed E-state index contributed by atoms with van der Waals surface area (Å²) in [5.74, 6) is 1.77. The van der Waals surface area contributed by atoms with E-state index in [0.717, 1.165) is 28.0 Å². The first-order chi connectivity index (χ1) is 9.65. The highest BCUT2D eigenvalue weighted by Gasteiger charge is 2.20. The number of nitrogens with one attached hydrogen (secondary N) is 1. The lowest BCUT2D eigenvalue weighted by atomic mass is 10.0. The predicted molar refractivity (Wildman–Crippen MR) is 83.6 cm³/mol. The summed E-state index contributed by atoms with van der Waals surface area (Å²) in [6, 6.07) is 12.0. The maximum atomic E-state index is 9.63. The Morgan fingerprint density at radius 1 is 1.25 bits per heavy atom. The molecule has 0 unspecified atom stereocenters. The van der Waals surface area contributed by atoms with Gasteiger partial charge in [-0.15, -0.1) is 0 Å². The van der Waals surface area contributed by atoms with Gasteiger partial charge < -0.3 is 9.52 Å². The second-order valence-electron chi connectivity index (χ2n) is 4.83. The van der Waals surface area contributed by atoms with Gasteiger partial charge in [0.2, 0.25) is 0 Å². The lowest BCUT2D eigenvalue weighted by Gasteiger charge is -2.22. The minimum absolute atomic E-state index is 0.0569. The number of hydrogen-bond acceptors (Lipinski definition) is 3. The van der Waals surface area contributed by atoms with Crippen LogP contribution in [-0.4, -0.2) is 11.7 Å². The molecule has 0 bridgehead atoms. The SMILES string of the molecule is CC[C@@H](N[C@@H](CO)c1ccccc1)c1cc(Br)c(C)o1. The van der Waals surface area contributed by atoms with E-state index in [1.807, 2.05) is 43.3 Å². The van der Waals surface area contributed by atoms with E-state index in [9.17, 15) is 5.11 Å². The highest BCUT2D eigenvalue weighted by molar-refractivity contribution is 9.10. The molecule has 2 aromatic rings. The molecule has 0 aliphatic carbocycles. The van der Waals surface area contributed by atoms with Crippen molar-refractivity contribution in [3.63, 3.8) is 0 Å². The summed E-state index contributed by atoms with van der Waals surface area (Å²) in [6.45, 7) is 4.09. The molecule has 3 nitrogen and oxygen atoms in total. The molecule has 20 heavy (non-hydrogen) atoms. The largest absolute Gasteiger partial charge is 0.463 e. The summed E-state index contributed by atoms with van der Waals surface area (Å²) in [6.07, 6.45) is 0.892. The van der Waals surface area contributed by atoms with E-state index in [-0.39, 0.29) is 18.7 Å². The summed E-state index contributed by atoms with van der Waals surface area (Å²) in [7, 11) is 0. The van der Waals surface area contributed by atoms with Gasteiger partial charge in [0.1, 0.15) is 11.5 Å². The number of halogens is 1. The molecule has 1 aromatic carbocycles. The predicted octanol–water partition coefficient (Wildman–Crippen LogP) is 4.12. The van der Waals surface area contributed by atoms with Crippen LogP contribution in [0.3, 0.4) is 0 Å². The van der Waals surface area contributed by atoms with Crippen LogP contribution >= 0.6 is 15.9 Å². The smallest absolute Gasteiger partial charge is 0.122 e. The second-order valence-corrected chi connectivity index (χ2v) is 5.68. The maximum absolute atomic E-state index is 9.63. The normalized spacial score (nSPS) is 14.2. The number of furan rings is 1. The Bertz CT molecular complexity index is 519. The topological polar surface area (TPSA) is 45.4 Å². The molecule has 0 fully saturated rings. The molecule has 2 rings (SSSR count). The number of rotatable bonds is 6. The fraction of sp³-hybridized carbons (Fsp3) is 0.375. The monoisotopic (exact) mass is 337 g/mol. The van der Waals surface area contributed by atoms with Crippen molar-refractivity contribution in [3.05, 3.63) is 58.0 Å². The Labute approximate surface area is 128 Å². The van der Waals surface area contributed by atoms with Crippen molar-refractivity contribution < 1.29 is 9.52 Å². The van der Waals surface area contributed by atoms with E-state index in [1.54, 1.807) is 0 Å². The fourth-order valence-electron chi connectivity index (χ4n) is 2.24. The summed E-state index contributed by atoms with van der Waals surface area (Å²) in [5.41, 5.74) is 1.08. The molecule has 1 aromatic heterocycles. The first kappa shape index (κ1) is 15.3. The first-order valence-corrected chi connectivity index (χ1v) is 7.62. The van der Waals surface area contributed by atoms with E-state index in [0.29, 0.717) is 0 Å². The second kappa shape index (κ2) is 7.07. The van der Waals surface area contributed by atoms with E-state index in [2.05, 4.69) is 28.2 Å². The zero-order chi connectivity index (χ0) is 14.5. The average molecular weight is 338 g/mol. The summed E-state index contributed by atoms with van der Waals surface area (Å²) >= 11 is 3.47. The zero-order valence-corrected chi connectivity index (χ0v) is 13.4. The molecular weight excluding hydrogens is 318 g/mol. The van der Waals surface area contributed by atoms with Gasteiger partial charge in [-0.25, -0.2) is 0 Å². The molecule has 4 heteroatoms. The number of aryl methyl sites for hydroxylation is 1. The lowest BCUT2D eigenvalue weighted by Crippen LogP contribution is -2.28. The zero-order valence-electron chi connectivity index (χ0n) is 11.8. The van der Waals surface area contributed by atoms with E-state index >= 15 is 0 Å². The molecule has 0 radical (unpaired) electrons. The number of aliphatic hydroxyl groups excluding tert-OH is 1. The van der Waals surface area contributed by atoms with E-state index < -0.39 is 0 Å². The van der Waals surface area contributed by atoms with Crippen molar-refractivity contribution in [1.29, 1.82) is 0 Å². The van der Waals surface area contributed by atoms with Crippen LogP contribution < -0.4 is 5.32 Å². The van der Waals surface area contributed by atoms with Gasteiger partial charge in [0, 0.05) is 0 Å². The molecule has 0 spiro atoms. The summed E-state index contributed by atoms with van der Waals surface area (Å²) in [5, 5.41) is 13.1. The highest BCUT2D eigenvalue weighted by atomic mass is 79.9. The minimum atomic E-state index is -0.0923. The Balaban J connectivity index is 2.16. The van der Waals surface area contributed by atoms with Crippen LogP contribution in [-0.2, 0) is 0 Å². The molecule has 0 aliphatic rings. The third-order valence-corrected chi connectivity index (χ3v) is 4.20. The van der Waals surface area contributed by atoms with Crippen LogP contribution in [0.5, 0.6) is 0 Å². The van der Waals surface area contributed by atoms with Crippen molar-refractivity contribution in [3.8, 4) is 0 Å². The van der Waals surface area contributed by atoms with Crippen molar-refractivity contribution in [2.45, 2.75) is 32.4 Å². The summed E-state index contributed by atoms with van der Waals surface area (Å²) < 4.78 is 6.74. The lowest BCUT2D eigenvalue weighted by molar-refractivity contribution is 0.225. The van der Waals surface area contributed by atoms with Crippen LogP contribution in [0, 0.1) is 6.92 Å². The standard InChI is InChI=1S/C16H20BrNO2/c1-3-14(16-9-13(17)11(2)20-16)18-15(10-19)12-7-5-4-6-8-12/h4-9,14-15,18-19H,3,10H2,1-2H3/t14-,15+/m1/s1. The van der Waals surface area contributed by atoms with Crippen LogP contribution in [0.15, 0.2) is 45.3 Å². The van der Waals surface area contributed by atoms with Gasteiger partial charge in [-0.3, -0.25) is 5.32 Å². The van der Waals surface area contributed by atoms with Crippen molar-refractivity contribution >= 4 is 15.9 Å². The molecule has 108 valence electrons. The molecular formula is C16H20BrNO2. The van der Waals surface area contributed by atoms with Gasteiger partial charge in [0.25, 0.3) is 0 Å². The quantitative estimate of drug-likeness (QED) is 0.833. The molecule has 1 heterocycles. The van der Waals surface area contributed by atoms with Gasteiger partial charge in [0.15, 0.2) is 0 Å². The van der Waals surface area contributed by atoms with Gasteiger partial charge in [-0.2, -0.15) is 0 Å². The third-order valence-electron chi connectivity index (χ3n) is 3.41. The first-order valence-electron chi connectivity index (χ1n) is 6.83. The van der Waals surface area contributed by atoms with Crippen LogP contribution in [0.4, 0.5) is 0 Å². The summed E-state index contributed by atoms with van der Waals surface area (Å²) in [4.78, 5) is 0.